The molecule has 4 bridgehead atoms. The quantitative estimate of drug-likeness (QED) is 0.736. The van der Waals surface area contributed by atoms with Crippen molar-refractivity contribution < 1.29 is 0 Å². The first-order valence-corrected chi connectivity index (χ1v) is 7.98. The lowest BCUT2D eigenvalue weighted by molar-refractivity contribution is 0.104. The van der Waals surface area contributed by atoms with E-state index < -0.39 is 0 Å². The van der Waals surface area contributed by atoms with E-state index in [9.17, 15) is 0 Å². The van der Waals surface area contributed by atoms with E-state index in [0.29, 0.717) is 0 Å². The van der Waals surface area contributed by atoms with Crippen molar-refractivity contribution in [3.8, 4) is 0 Å². The highest BCUT2D eigenvalue weighted by atomic mass is 15.3. The van der Waals surface area contributed by atoms with Gasteiger partial charge in [-0.3, -0.25) is 4.90 Å². The van der Waals surface area contributed by atoms with Crippen LogP contribution in [-0.4, -0.2) is 23.5 Å². The molecule has 3 saturated heterocycles. The van der Waals surface area contributed by atoms with E-state index in [-0.39, 0.29) is 0 Å². The van der Waals surface area contributed by atoms with Gasteiger partial charge >= 0.3 is 0 Å². The number of rotatable bonds is 1. The molecule has 0 radical (unpaired) electrons. The summed E-state index contributed by atoms with van der Waals surface area (Å²) in [5, 5.41) is 0. The number of benzene rings is 1. The average molecular weight is 255 g/mol. The van der Waals surface area contributed by atoms with E-state index in [4.69, 9.17) is 0 Å². The molecule has 1 nitrogen and oxygen atoms in total. The monoisotopic (exact) mass is 255 g/mol. The minimum absolute atomic E-state index is 0.800. The van der Waals surface area contributed by atoms with Gasteiger partial charge in [0.2, 0.25) is 0 Å². The molecule has 0 spiro atoms. The molecule has 102 valence electrons. The van der Waals surface area contributed by atoms with E-state index in [1.54, 1.807) is 5.56 Å². The van der Waals surface area contributed by atoms with Crippen LogP contribution in [0.1, 0.15) is 48.8 Å². The molecule has 0 saturated carbocycles. The van der Waals surface area contributed by atoms with Gasteiger partial charge < -0.3 is 0 Å². The average Bonchev–Trinajstić information content (AvgIpc) is 2.92. The fraction of sp³-hybridized carbons (Fsp3) is 0.667. The van der Waals surface area contributed by atoms with Gasteiger partial charge in [-0.15, -0.1) is 0 Å². The molecule has 3 aliphatic heterocycles. The summed E-state index contributed by atoms with van der Waals surface area (Å²) in [5.41, 5.74) is 4.50. The van der Waals surface area contributed by atoms with Gasteiger partial charge in [0.15, 0.2) is 0 Å². The number of piperidine rings is 2. The van der Waals surface area contributed by atoms with Gasteiger partial charge in [-0.1, -0.05) is 25.1 Å². The molecule has 6 atom stereocenters. The van der Waals surface area contributed by atoms with Crippen molar-refractivity contribution in [2.45, 2.75) is 58.0 Å². The van der Waals surface area contributed by atoms with Crippen molar-refractivity contribution in [1.82, 2.24) is 4.90 Å². The van der Waals surface area contributed by atoms with Crippen LogP contribution in [0.15, 0.2) is 18.2 Å². The Balaban J connectivity index is 1.67. The molecule has 1 aromatic carbocycles. The standard InChI is InChI=1S/C18H25N/c1-11-4-5-14(8-12(11)2)17-10-16-9-15-6-7-19(16)18(15)13(17)3/h4-5,8,13,15-18H,6-7,9-10H2,1-3H3. The summed E-state index contributed by atoms with van der Waals surface area (Å²) in [5.74, 6) is 2.65. The second kappa shape index (κ2) is 4.09. The van der Waals surface area contributed by atoms with Crippen molar-refractivity contribution in [2.24, 2.45) is 11.8 Å². The first kappa shape index (κ1) is 12.0. The molecule has 0 aromatic heterocycles. The summed E-state index contributed by atoms with van der Waals surface area (Å²) in [6, 6.07) is 8.96. The van der Waals surface area contributed by atoms with Gasteiger partial charge in [0, 0.05) is 12.1 Å². The second-order valence-electron chi connectivity index (χ2n) is 7.21. The summed E-state index contributed by atoms with van der Waals surface area (Å²) in [4.78, 5) is 2.84. The SMILES string of the molecule is Cc1ccc(C2CC3CC4CCN3C4C2C)cc1C. The van der Waals surface area contributed by atoms with Gasteiger partial charge in [-0.25, -0.2) is 0 Å². The van der Waals surface area contributed by atoms with Crippen LogP contribution in [0.25, 0.3) is 0 Å². The fourth-order valence-electron chi connectivity index (χ4n) is 5.22. The largest absolute Gasteiger partial charge is 0.297 e. The van der Waals surface area contributed by atoms with Gasteiger partial charge in [-0.05, 0) is 74.1 Å². The van der Waals surface area contributed by atoms with E-state index in [0.717, 1.165) is 29.8 Å². The molecule has 19 heavy (non-hydrogen) atoms. The van der Waals surface area contributed by atoms with E-state index in [1.807, 2.05) is 0 Å². The summed E-state index contributed by atoms with van der Waals surface area (Å²) in [6.45, 7) is 8.37. The molecule has 6 unspecified atom stereocenters. The minimum atomic E-state index is 0.800. The Bertz CT molecular complexity index is 506. The molecule has 3 aliphatic rings. The Hall–Kier alpha value is -0.820. The van der Waals surface area contributed by atoms with Crippen molar-refractivity contribution >= 4 is 0 Å². The summed E-state index contributed by atoms with van der Waals surface area (Å²) < 4.78 is 0. The minimum Gasteiger partial charge on any atom is -0.297 e. The predicted octanol–water partition coefficient (Wildman–Crippen LogP) is 3.89. The van der Waals surface area contributed by atoms with Crippen LogP contribution in [0.5, 0.6) is 0 Å². The maximum absolute atomic E-state index is 2.84. The molecule has 0 aliphatic carbocycles. The molecule has 0 N–H and O–H groups in total. The number of aryl methyl sites for hydroxylation is 2. The third kappa shape index (κ3) is 1.64. The lowest BCUT2D eigenvalue weighted by atomic mass is 9.76. The van der Waals surface area contributed by atoms with Gasteiger partial charge in [0.05, 0.1) is 0 Å². The van der Waals surface area contributed by atoms with E-state index in [1.165, 1.54) is 36.9 Å². The van der Waals surface area contributed by atoms with Crippen LogP contribution < -0.4 is 0 Å². The van der Waals surface area contributed by atoms with E-state index >= 15 is 0 Å². The molecular formula is C18H25N. The zero-order valence-corrected chi connectivity index (χ0v) is 12.4. The Labute approximate surface area is 117 Å². The van der Waals surface area contributed by atoms with Crippen molar-refractivity contribution in [3.05, 3.63) is 34.9 Å². The highest BCUT2D eigenvalue weighted by Gasteiger charge is 2.53. The highest BCUT2D eigenvalue weighted by Crippen LogP contribution is 2.53. The Morgan fingerprint density at radius 1 is 1.11 bits per heavy atom. The lowest BCUT2D eigenvalue weighted by Gasteiger charge is -2.42. The Kier molecular flexibility index (Phi) is 2.57. The molecule has 1 aromatic rings. The van der Waals surface area contributed by atoms with Crippen molar-refractivity contribution in [2.75, 3.05) is 6.54 Å². The van der Waals surface area contributed by atoms with Crippen molar-refractivity contribution in [3.63, 3.8) is 0 Å². The lowest BCUT2D eigenvalue weighted by Crippen LogP contribution is -2.45. The third-order valence-corrected chi connectivity index (χ3v) is 6.33. The van der Waals surface area contributed by atoms with Crippen LogP contribution in [-0.2, 0) is 0 Å². The summed E-state index contributed by atoms with van der Waals surface area (Å²) >= 11 is 0. The number of hydrogen-bond donors (Lipinski definition) is 0. The highest BCUT2D eigenvalue weighted by molar-refractivity contribution is 5.33. The van der Waals surface area contributed by atoms with Crippen molar-refractivity contribution in [1.29, 1.82) is 0 Å². The normalized spacial score (nSPS) is 43.7. The van der Waals surface area contributed by atoms with E-state index in [2.05, 4.69) is 43.9 Å². The summed E-state index contributed by atoms with van der Waals surface area (Å²) in [7, 11) is 0. The Morgan fingerprint density at radius 3 is 2.74 bits per heavy atom. The Morgan fingerprint density at radius 2 is 1.95 bits per heavy atom. The molecule has 4 rings (SSSR count). The van der Waals surface area contributed by atoms with Crippen LogP contribution in [0.4, 0.5) is 0 Å². The van der Waals surface area contributed by atoms with Gasteiger partial charge in [-0.2, -0.15) is 0 Å². The number of hydrogen-bond acceptors (Lipinski definition) is 1. The molecule has 1 heteroatoms. The van der Waals surface area contributed by atoms with Gasteiger partial charge in [0.1, 0.15) is 0 Å². The zero-order valence-electron chi connectivity index (χ0n) is 12.4. The zero-order chi connectivity index (χ0) is 13.1. The number of nitrogens with zero attached hydrogens (tertiary/aromatic N) is 1. The van der Waals surface area contributed by atoms with Crippen LogP contribution in [0.2, 0.25) is 0 Å². The van der Waals surface area contributed by atoms with Crippen LogP contribution >= 0.6 is 0 Å². The first-order chi connectivity index (χ1) is 9.15. The maximum Gasteiger partial charge on any atom is 0.0159 e. The fourth-order valence-corrected chi connectivity index (χ4v) is 5.22. The van der Waals surface area contributed by atoms with Crippen LogP contribution in [0.3, 0.4) is 0 Å². The van der Waals surface area contributed by atoms with Gasteiger partial charge in [0.25, 0.3) is 0 Å². The topological polar surface area (TPSA) is 3.24 Å². The molecule has 3 heterocycles. The van der Waals surface area contributed by atoms with Crippen LogP contribution in [0, 0.1) is 25.7 Å². The molecule has 3 fully saturated rings. The third-order valence-electron chi connectivity index (χ3n) is 6.33. The molecule has 0 amide bonds. The predicted molar refractivity (Wildman–Crippen MR) is 79.4 cm³/mol. The first-order valence-electron chi connectivity index (χ1n) is 7.98. The smallest absolute Gasteiger partial charge is 0.0159 e. The maximum atomic E-state index is 2.84. The molecular weight excluding hydrogens is 230 g/mol. The summed E-state index contributed by atoms with van der Waals surface area (Å²) in [6.07, 6.45) is 4.35. The second-order valence-corrected chi connectivity index (χ2v) is 7.21.